The SMILES string of the molecule is CC(C)C(NC(C)(C)C1CC1)C(=O)O. The summed E-state index contributed by atoms with van der Waals surface area (Å²) in [7, 11) is 0. The van der Waals surface area contributed by atoms with E-state index in [0.717, 1.165) is 0 Å². The van der Waals surface area contributed by atoms with E-state index in [1.165, 1.54) is 12.8 Å². The molecular weight excluding hydrogens is 178 g/mol. The van der Waals surface area contributed by atoms with Gasteiger partial charge in [-0.3, -0.25) is 10.1 Å². The molecule has 0 aromatic carbocycles. The van der Waals surface area contributed by atoms with Gasteiger partial charge in [0.1, 0.15) is 6.04 Å². The van der Waals surface area contributed by atoms with Crippen molar-refractivity contribution in [2.24, 2.45) is 11.8 Å². The minimum absolute atomic E-state index is 0.0344. The molecule has 14 heavy (non-hydrogen) atoms. The lowest BCUT2D eigenvalue weighted by molar-refractivity contribution is -0.141. The van der Waals surface area contributed by atoms with Gasteiger partial charge in [-0.05, 0) is 38.5 Å². The molecule has 1 atom stereocenters. The van der Waals surface area contributed by atoms with Crippen LogP contribution in [0, 0.1) is 11.8 Å². The largest absolute Gasteiger partial charge is 0.480 e. The quantitative estimate of drug-likeness (QED) is 0.710. The topological polar surface area (TPSA) is 49.3 Å². The number of hydrogen-bond acceptors (Lipinski definition) is 2. The molecule has 0 bridgehead atoms. The van der Waals surface area contributed by atoms with Crippen molar-refractivity contribution in [1.82, 2.24) is 5.32 Å². The third kappa shape index (κ3) is 2.71. The normalized spacial score (nSPS) is 19.8. The van der Waals surface area contributed by atoms with Gasteiger partial charge in [0.25, 0.3) is 0 Å². The Labute approximate surface area is 85.9 Å². The molecule has 0 aliphatic heterocycles. The molecule has 1 aliphatic carbocycles. The Morgan fingerprint density at radius 2 is 1.93 bits per heavy atom. The van der Waals surface area contributed by atoms with Crippen LogP contribution in [0.5, 0.6) is 0 Å². The van der Waals surface area contributed by atoms with Gasteiger partial charge in [0.15, 0.2) is 0 Å². The van der Waals surface area contributed by atoms with Crippen LogP contribution in [-0.4, -0.2) is 22.7 Å². The predicted molar refractivity (Wildman–Crippen MR) is 56.2 cm³/mol. The first-order valence-corrected chi connectivity index (χ1v) is 5.35. The van der Waals surface area contributed by atoms with Crippen molar-refractivity contribution in [3.05, 3.63) is 0 Å². The van der Waals surface area contributed by atoms with Crippen molar-refractivity contribution in [3.63, 3.8) is 0 Å². The van der Waals surface area contributed by atoms with Crippen molar-refractivity contribution in [2.75, 3.05) is 0 Å². The maximum atomic E-state index is 11.0. The number of carboxylic acid groups (broad SMARTS) is 1. The molecule has 1 aliphatic rings. The molecule has 1 unspecified atom stereocenters. The van der Waals surface area contributed by atoms with Gasteiger partial charge >= 0.3 is 5.97 Å². The first kappa shape index (κ1) is 11.5. The average molecular weight is 199 g/mol. The Hall–Kier alpha value is -0.570. The maximum Gasteiger partial charge on any atom is 0.320 e. The summed E-state index contributed by atoms with van der Waals surface area (Å²) in [6.45, 7) is 8.08. The summed E-state index contributed by atoms with van der Waals surface area (Å²) in [6.07, 6.45) is 2.45. The highest BCUT2D eigenvalue weighted by Gasteiger charge is 2.40. The second kappa shape index (κ2) is 3.89. The summed E-state index contributed by atoms with van der Waals surface area (Å²) in [6, 6.07) is -0.425. The van der Waals surface area contributed by atoms with E-state index in [0.29, 0.717) is 5.92 Å². The summed E-state index contributed by atoms with van der Waals surface area (Å²) in [4.78, 5) is 11.0. The van der Waals surface area contributed by atoms with E-state index in [2.05, 4.69) is 19.2 Å². The molecule has 2 N–H and O–H groups in total. The lowest BCUT2D eigenvalue weighted by Gasteiger charge is -2.32. The molecule has 0 amide bonds. The minimum atomic E-state index is -0.742. The minimum Gasteiger partial charge on any atom is -0.480 e. The van der Waals surface area contributed by atoms with Crippen molar-refractivity contribution < 1.29 is 9.90 Å². The summed E-state index contributed by atoms with van der Waals surface area (Å²) < 4.78 is 0. The fourth-order valence-electron chi connectivity index (χ4n) is 1.84. The third-order valence-corrected chi connectivity index (χ3v) is 3.06. The van der Waals surface area contributed by atoms with E-state index >= 15 is 0 Å². The van der Waals surface area contributed by atoms with Gasteiger partial charge in [-0.2, -0.15) is 0 Å². The molecule has 0 aromatic heterocycles. The number of carboxylic acids is 1. The molecule has 3 nitrogen and oxygen atoms in total. The molecule has 0 aromatic rings. The molecule has 0 heterocycles. The van der Waals surface area contributed by atoms with Gasteiger partial charge in [-0.15, -0.1) is 0 Å². The van der Waals surface area contributed by atoms with Gasteiger partial charge in [0, 0.05) is 5.54 Å². The van der Waals surface area contributed by atoms with E-state index < -0.39 is 12.0 Å². The number of aliphatic carboxylic acids is 1. The summed E-state index contributed by atoms with van der Waals surface area (Å²) in [5.41, 5.74) is -0.0344. The molecule has 0 spiro atoms. The van der Waals surface area contributed by atoms with Crippen LogP contribution in [0.1, 0.15) is 40.5 Å². The standard InChI is InChI=1S/C11H21NO2/c1-7(2)9(10(13)14)12-11(3,4)8-5-6-8/h7-9,12H,5-6H2,1-4H3,(H,13,14). The monoisotopic (exact) mass is 199 g/mol. The van der Waals surface area contributed by atoms with Gasteiger partial charge < -0.3 is 5.11 Å². The second-order valence-corrected chi connectivity index (χ2v) is 5.20. The molecule has 3 heteroatoms. The number of nitrogens with one attached hydrogen (secondary N) is 1. The molecule has 82 valence electrons. The van der Waals surface area contributed by atoms with Crippen LogP contribution in [0.3, 0.4) is 0 Å². The molecule has 0 radical (unpaired) electrons. The highest BCUT2D eigenvalue weighted by molar-refractivity contribution is 5.73. The smallest absolute Gasteiger partial charge is 0.320 e. The number of carbonyl (C=O) groups is 1. The Balaban J connectivity index is 2.58. The van der Waals surface area contributed by atoms with Crippen LogP contribution in [0.25, 0.3) is 0 Å². The van der Waals surface area contributed by atoms with E-state index in [1.807, 2.05) is 13.8 Å². The lowest BCUT2D eigenvalue weighted by Crippen LogP contribution is -2.53. The van der Waals surface area contributed by atoms with Crippen LogP contribution >= 0.6 is 0 Å². The molecule has 0 saturated heterocycles. The number of hydrogen-bond donors (Lipinski definition) is 2. The maximum absolute atomic E-state index is 11.0. The summed E-state index contributed by atoms with van der Waals surface area (Å²) in [5, 5.41) is 12.3. The number of rotatable bonds is 5. The van der Waals surface area contributed by atoms with E-state index in [-0.39, 0.29) is 11.5 Å². The van der Waals surface area contributed by atoms with Gasteiger partial charge in [0.05, 0.1) is 0 Å². The van der Waals surface area contributed by atoms with Crippen molar-refractivity contribution >= 4 is 5.97 Å². The molecule has 1 rings (SSSR count). The summed E-state index contributed by atoms with van der Waals surface area (Å²) in [5.74, 6) is 0.0438. The molecular formula is C11H21NO2. The first-order chi connectivity index (χ1) is 6.34. The fourth-order valence-corrected chi connectivity index (χ4v) is 1.84. The summed E-state index contributed by atoms with van der Waals surface area (Å²) >= 11 is 0. The van der Waals surface area contributed by atoms with E-state index in [4.69, 9.17) is 5.11 Å². The van der Waals surface area contributed by atoms with Crippen LogP contribution in [0.2, 0.25) is 0 Å². The predicted octanol–water partition coefficient (Wildman–Crippen LogP) is 1.87. The highest BCUT2D eigenvalue weighted by Crippen LogP contribution is 2.39. The zero-order chi connectivity index (χ0) is 10.9. The van der Waals surface area contributed by atoms with Crippen LogP contribution in [0.15, 0.2) is 0 Å². The van der Waals surface area contributed by atoms with Gasteiger partial charge in [0.2, 0.25) is 0 Å². The fraction of sp³-hybridized carbons (Fsp3) is 0.909. The van der Waals surface area contributed by atoms with E-state index in [1.54, 1.807) is 0 Å². The zero-order valence-electron chi connectivity index (χ0n) is 9.50. The average Bonchev–Trinajstić information content (AvgIpc) is 2.80. The Kier molecular flexibility index (Phi) is 3.20. The van der Waals surface area contributed by atoms with Crippen LogP contribution in [0.4, 0.5) is 0 Å². The van der Waals surface area contributed by atoms with Gasteiger partial charge in [-0.1, -0.05) is 13.8 Å². The van der Waals surface area contributed by atoms with Crippen molar-refractivity contribution in [1.29, 1.82) is 0 Å². The first-order valence-electron chi connectivity index (χ1n) is 5.35. The third-order valence-electron chi connectivity index (χ3n) is 3.06. The van der Waals surface area contributed by atoms with Crippen LogP contribution < -0.4 is 5.32 Å². The second-order valence-electron chi connectivity index (χ2n) is 5.20. The Morgan fingerprint density at radius 3 is 2.21 bits per heavy atom. The molecule has 1 saturated carbocycles. The van der Waals surface area contributed by atoms with E-state index in [9.17, 15) is 4.79 Å². The Morgan fingerprint density at radius 1 is 1.43 bits per heavy atom. The highest BCUT2D eigenvalue weighted by atomic mass is 16.4. The van der Waals surface area contributed by atoms with Crippen molar-refractivity contribution in [2.45, 2.75) is 52.1 Å². The van der Waals surface area contributed by atoms with Crippen molar-refractivity contribution in [3.8, 4) is 0 Å². The lowest BCUT2D eigenvalue weighted by atomic mass is 9.94. The van der Waals surface area contributed by atoms with Gasteiger partial charge in [-0.25, -0.2) is 0 Å². The van der Waals surface area contributed by atoms with Crippen LogP contribution in [-0.2, 0) is 4.79 Å². The zero-order valence-corrected chi connectivity index (χ0v) is 9.50. The molecule has 1 fully saturated rings. The Bertz CT molecular complexity index is 219.